The van der Waals surface area contributed by atoms with Gasteiger partial charge in [0.05, 0.1) is 0 Å². The minimum absolute atomic E-state index is 0.472. The number of hydrogen-bond acceptors (Lipinski definition) is 4. The number of aryl methyl sites for hydroxylation is 1. The average Bonchev–Trinajstić information content (AvgIpc) is 2.48. The number of benzene rings is 2. The Morgan fingerprint density at radius 1 is 0.900 bits per heavy atom. The van der Waals surface area contributed by atoms with Gasteiger partial charge in [0.1, 0.15) is 13.1 Å². The molecular formula is C16H20N2O2. The van der Waals surface area contributed by atoms with E-state index in [0.29, 0.717) is 6.42 Å². The molecule has 0 heterocycles. The number of nitrogens with two attached hydrogens (primary N) is 2. The van der Waals surface area contributed by atoms with E-state index >= 15 is 0 Å². The van der Waals surface area contributed by atoms with Gasteiger partial charge in [0.15, 0.2) is 0 Å². The van der Waals surface area contributed by atoms with Crippen molar-refractivity contribution in [2.45, 2.75) is 13.3 Å². The largest absolute Gasteiger partial charge is 0.399 e. The van der Waals surface area contributed by atoms with Crippen molar-refractivity contribution in [3.8, 4) is 0 Å². The van der Waals surface area contributed by atoms with Crippen LogP contribution in [0.15, 0.2) is 48.5 Å². The summed E-state index contributed by atoms with van der Waals surface area (Å²) in [6.45, 7) is 4.04. The number of anilines is 2. The molecule has 4 nitrogen and oxygen atoms in total. The Labute approximate surface area is 119 Å². The van der Waals surface area contributed by atoms with Crippen LogP contribution in [0.4, 0.5) is 11.4 Å². The van der Waals surface area contributed by atoms with Gasteiger partial charge < -0.3 is 21.1 Å². The van der Waals surface area contributed by atoms with Gasteiger partial charge in [-0.3, -0.25) is 0 Å². The Morgan fingerprint density at radius 2 is 1.30 bits per heavy atom. The third kappa shape index (κ3) is 7.66. The van der Waals surface area contributed by atoms with E-state index in [2.05, 4.69) is 0 Å². The van der Waals surface area contributed by atoms with Crippen LogP contribution in [-0.2, 0) is 16.0 Å². The van der Waals surface area contributed by atoms with Crippen LogP contribution in [-0.4, -0.2) is 13.1 Å². The van der Waals surface area contributed by atoms with Gasteiger partial charge in [-0.05, 0) is 36.8 Å². The molecule has 20 heavy (non-hydrogen) atoms. The zero-order valence-electron chi connectivity index (χ0n) is 11.6. The first-order chi connectivity index (χ1) is 9.61. The summed E-state index contributed by atoms with van der Waals surface area (Å²) in [6.07, 6.45) is 1.35. The Hall–Kier alpha value is -2.62. The molecule has 0 aliphatic rings. The first-order valence-electron chi connectivity index (χ1n) is 6.01. The molecule has 0 saturated heterocycles. The third-order valence-corrected chi connectivity index (χ3v) is 2.38. The SMILES string of the molecule is C=O.Cc1ccc(N)cc1.Nc1ccc(CC=O)cc1. The lowest BCUT2D eigenvalue weighted by atomic mass is 10.1. The van der Waals surface area contributed by atoms with Crippen molar-refractivity contribution in [2.24, 2.45) is 0 Å². The second kappa shape index (κ2) is 10.3. The van der Waals surface area contributed by atoms with Crippen molar-refractivity contribution in [3.63, 3.8) is 0 Å². The molecule has 0 fully saturated rings. The van der Waals surface area contributed by atoms with Gasteiger partial charge in [0, 0.05) is 17.8 Å². The normalized spacial score (nSPS) is 8.45. The molecule has 0 atom stereocenters. The molecule has 0 aliphatic carbocycles. The van der Waals surface area contributed by atoms with E-state index in [0.717, 1.165) is 23.2 Å². The van der Waals surface area contributed by atoms with E-state index in [1.807, 2.05) is 50.1 Å². The van der Waals surface area contributed by atoms with Crippen molar-refractivity contribution in [1.29, 1.82) is 0 Å². The zero-order chi connectivity index (χ0) is 15.4. The van der Waals surface area contributed by atoms with Crippen LogP contribution in [0, 0.1) is 6.92 Å². The van der Waals surface area contributed by atoms with Crippen molar-refractivity contribution >= 4 is 24.5 Å². The van der Waals surface area contributed by atoms with Gasteiger partial charge in [-0.1, -0.05) is 29.8 Å². The number of carbonyl (C=O) groups excluding carboxylic acids is 2. The number of rotatable bonds is 2. The summed E-state index contributed by atoms with van der Waals surface area (Å²) in [5, 5.41) is 0. The maximum absolute atomic E-state index is 10.0. The Balaban J connectivity index is 0.000000327. The predicted molar refractivity (Wildman–Crippen MR) is 83.3 cm³/mol. The van der Waals surface area contributed by atoms with Gasteiger partial charge >= 0.3 is 0 Å². The van der Waals surface area contributed by atoms with E-state index in [9.17, 15) is 4.79 Å². The van der Waals surface area contributed by atoms with Crippen LogP contribution in [0.3, 0.4) is 0 Å². The number of aldehydes is 1. The minimum Gasteiger partial charge on any atom is -0.399 e. The van der Waals surface area contributed by atoms with Gasteiger partial charge in [-0.2, -0.15) is 0 Å². The second-order valence-electron chi connectivity index (χ2n) is 4.02. The first-order valence-corrected chi connectivity index (χ1v) is 6.01. The molecule has 0 spiro atoms. The molecular weight excluding hydrogens is 252 g/mol. The Kier molecular flexibility index (Phi) is 8.96. The molecule has 2 rings (SSSR count). The fraction of sp³-hybridized carbons (Fsp3) is 0.125. The molecule has 0 radical (unpaired) electrons. The molecule has 0 aliphatic heterocycles. The summed E-state index contributed by atoms with van der Waals surface area (Å²) in [4.78, 5) is 18.0. The van der Waals surface area contributed by atoms with E-state index in [1.165, 1.54) is 5.56 Å². The predicted octanol–water partition coefficient (Wildman–Crippen LogP) is 2.40. The topological polar surface area (TPSA) is 86.2 Å². The van der Waals surface area contributed by atoms with Crippen molar-refractivity contribution < 1.29 is 9.59 Å². The minimum atomic E-state index is 0.472. The molecule has 0 aromatic heterocycles. The first kappa shape index (κ1) is 17.4. The highest BCUT2D eigenvalue weighted by atomic mass is 16.1. The van der Waals surface area contributed by atoms with Crippen LogP contribution < -0.4 is 11.5 Å². The fourth-order valence-electron chi connectivity index (χ4n) is 1.32. The van der Waals surface area contributed by atoms with E-state index in [1.54, 1.807) is 12.1 Å². The maximum Gasteiger partial charge on any atom is 0.124 e. The molecule has 0 amide bonds. The van der Waals surface area contributed by atoms with Crippen molar-refractivity contribution in [1.82, 2.24) is 0 Å². The molecule has 0 unspecified atom stereocenters. The number of nitrogen functional groups attached to an aromatic ring is 2. The smallest absolute Gasteiger partial charge is 0.124 e. The lowest BCUT2D eigenvalue weighted by molar-refractivity contribution is -0.107. The molecule has 0 bridgehead atoms. The van der Waals surface area contributed by atoms with Gasteiger partial charge in [-0.15, -0.1) is 0 Å². The summed E-state index contributed by atoms with van der Waals surface area (Å²) in [7, 11) is 0. The lowest BCUT2D eigenvalue weighted by Gasteiger charge is -1.94. The highest BCUT2D eigenvalue weighted by Gasteiger charge is 1.88. The molecule has 2 aromatic rings. The molecule has 4 N–H and O–H groups in total. The number of carbonyl (C=O) groups is 2. The van der Waals surface area contributed by atoms with Crippen LogP contribution in [0.1, 0.15) is 11.1 Å². The van der Waals surface area contributed by atoms with E-state index in [4.69, 9.17) is 16.3 Å². The monoisotopic (exact) mass is 272 g/mol. The quantitative estimate of drug-likeness (QED) is 0.649. The van der Waals surface area contributed by atoms with Crippen LogP contribution >= 0.6 is 0 Å². The fourth-order valence-corrected chi connectivity index (χ4v) is 1.32. The molecule has 0 saturated carbocycles. The average molecular weight is 272 g/mol. The summed E-state index contributed by atoms with van der Waals surface area (Å²) in [5.41, 5.74) is 14.7. The molecule has 4 heteroatoms. The lowest BCUT2D eigenvalue weighted by Crippen LogP contribution is -1.87. The third-order valence-electron chi connectivity index (χ3n) is 2.38. The summed E-state index contributed by atoms with van der Waals surface area (Å²) in [5.74, 6) is 0. The van der Waals surface area contributed by atoms with E-state index < -0.39 is 0 Å². The van der Waals surface area contributed by atoms with Crippen molar-refractivity contribution in [3.05, 3.63) is 59.7 Å². The zero-order valence-corrected chi connectivity index (χ0v) is 11.6. The Morgan fingerprint density at radius 3 is 1.65 bits per heavy atom. The highest BCUT2D eigenvalue weighted by molar-refractivity contribution is 5.55. The molecule has 2 aromatic carbocycles. The molecule has 106 valence electrons. The summed E-state index contributed by atoms with van der Waals surface area (Å²) < 4.78 is 0. The maximum atomic E-state index is 10.0. The van der Waals surface area contributed by atoms with Gasteiger partial charge in [0.2, 0.25) is 0 Å². The van der Waals surface area contributed by atoms with Crippen LogP contribution in [0.5, 0.6) is 0 Å². The highest BCUT2D eigenvalue weighted by Crippen LogP contribution is 2.04. The standard InChI is InChI=1S/C8H9NO.C7H9N.CH2O/c9-8-3-1-7(2-4-8)5-6-10;1-6-2-4-7(8)5-3-6;1-2/h1-4,6H,5,9H2;2-5H,8H2,1H3;1H2. The van der Waals surface area contributed by atoms with Crippen molar-refractivity contribution in [2.75, 3.05) is 11.5 Å². The van der Waals surface area contributed by atoms with Crippen LogP contribution in [0.2, 0.25) is 0 Å². The summed E-state index contributed by atoms with van der Waals surface area (Å²) in [6, 6.07) is 15.1. The summed E-state index contributed by atoms with van der Waals surface area (Å²) >= 11 is 0. The van der Waals surface area contributed by atoms with Crippen LogP contribution in [0.25, 0.3) is 0 Å². The number of hydrogen-bond donors (Lipinski definition) is 2. The van der Waals surface area contributed by atoms with Gasteiger partial charge in [-0.25, -0.2) is 0 Å². The second-order valence-corrected chi connectivity index (χ2v) is 4.02. The van der Waals surface area contributed by atoms with E-state index in [-0.39, 0.29) is 0 Å². The van der Waals surface area contributed by atoms with Gasteiger partial charge in [0.25, 0.3) is 0 Å². The Bertz CT molecular complexity index is 472.